The second kappa shape index (κ2) is 10.7. The quantitative estimate of drug-likeness (QED) is 0.357. The van der Waals surface area contributed by atoms with Crippen LogP contribution in [0.5, 0.6) is 5.75 Å². The maximum atomic E-state index is 11.8. The second-order valence-electron chi connectivity index (χ2n) is 7.74. The number of amides is 1. The highest BCUT2D eigenvalue weighted by atomic mass is 35.5. The highest BCUT2D eigenvalue weighted by Crippen LogP contribution is 2.28. The van der Waals surface area contributed by atoms with Crippen LogP contribution in [0, 0.1) is 0 Å². The Labute approximate surface area is 178 Å². The minimum atomic E-state index is 0.110. The van der Waals surface area contributed by atoms with Crippen molar-refractivity contribution in [1.82, 2.24) is 10.2 Å². The first kappa shape index (κ1) is 21.7. The van der Waals surface area contributed by atoms with Crippen LogP contribution in [0.3, 0.4) is 0 Å². The number of nitrogens with one attached hydrogen (secondary N) is 2. The Balaban J connectivity index is 1.67. The van der Waals surface area contributed by atoms with Gasteiger partial charge in [-0.05, 0) is 43.9 Å². The molecular weight excluding hydrogens is 390 g/mol. The number of likely N-dealkylation sites (tertiary alicyclic amines) is 1. The summed E-state index contributed by atoms with van der Waals surface area (Å²) in [6.07, 6.45) is 6.83. The van der Waals surface area contributed by atoms with Crippen molar-refractivity contribution >= 4 is 29.2 Å². The number of carbonyl (C=O) groups is 1. The van der Waals surface area contributed by atoms with Gasteiger partial charge in [0.1, 0.15) is 5.75 Å². The predicted molar refractivity (Wildman–Crippen MR) is 118 cm³/mol. The molecule has 29 heavy (non-hydrogen) atoms. The van der Waals surface area contributed by atoms with Crippen molar-refractivity contribution in [2.24, 2.45) is 10.7 Å². The van der Waals surface area contributed by atoms with E-state index < -0.39 is 0 Å². The van der Waals surface area contributed by atoms with Gasteiger partial charge in [0.2, 0.25) is 5.91 Å². The summed E-state index contributed by atoms with van der Waals surface area (Å²) in [5.74, 6) is 1.61. The van der Waals surface area contributed by atoms with Crippen molar-refractivity contribution in [3.05, 3.63) is 23.2 Å². The van der Waals surface area contributed by atoms with Crippen LogP contribution in [0.25, 0.3) is 0 Å². The number of nitrogens with two attached hydrogens (primary N) is 1. The molecule has 1 saturated carbocycles. The zero-order chi connectivity index (χ0) is 20.6. The van der Waals surface area contributed by atoms with Crippen molar-refractivity contribution in [3.8, 4) is 5.75 Å². The predicted octanol–water partition coefficient (Wildman–Crippen LogP) is 2.99. The Bertz CT molecular complexity index is 727. The lowest BCUT2D eigenvalue weighted by atomic mass is 9.91. The SMILES string of the molecule is COc1ccc(Cl)cc1NC(=NCCCN1CCCC1=O)N[C@H]1CCCC[C@@H]1N. The van der Waals surface area contributed by atoms with E-state index in [1.54, 1.807) is 13.2 Å². The van der Waals surface area contributed by atoms with Gasteiger partial charge in [-0.1, -0.05) is 24.4 Å². The normalized spacial score (nSPS) is 22.7. The van der Waals surface area contributed by atoms with Crippen molar-refractivity contribution in [2.75, 3.05) is 32.1 Å². The van der Waals surface area contributed by atoms with Crippen molar-refractivity contribution in [2.45, 2.75) is 57.0 Å². The van der Waals surface area contributed by atoms with Crippen LogP contribution in [-0.2, 0) is 4.79 Å². The maximum absolute atomic E-state index is 11.8. The molecule has 0 radical (unpaired) electrons. The zero-order valence-corrected chi connectivity index (χ0v) is 17.9. The molecule has 3 rings (SSSR count). The average Bonchev–Trinajstić information content (AvgIpc) is 3.12. The van der Waals surface area contributed by atoms with E-state index in [-0.39, 0.29) is 18.0 Å². The van der Waals surface area contributed by atoms with E-state index >= 15 is 0 Å². The number of benzene rings is 1. The summed E-state index contributed by atoms with van der Waals surface area (Å²) < 4.78 is 5.44. The number of anilines is 1. The van der Waals surface area contributed by atoms with Crippen LogP contribution < -0.4 is 21.1 Å². The molecule has 2 aliphatic rings. The van der Waals surface area contributed by atoms with Crippen molar-refractivity contribution < 1.29 is 9.53 Å². The molecule has 0 aromatic heterocycles. The monoisotopic (exact) mass is 421 g/mol. The standard InChI is InChI=1S/C21H32ClN5O2/c1-29-19-10-9-15(22)14-18(19)26-21(25-17-7-3-2-6-16(17)23)24-11-5-13-27-12-4-8-20(27)28/h9-10,14,16-17H,2-8,11-13,23H2,1H3,(H2,24,25,26)/t16-,17-/m0/s1. The summed E-state index contributed by atoms with van der Waals surface area (Å²) >= 11 is 6.17. The van der Waals surface area contributed by atoms with Gasteiger partial charge in [-0.15, -0.1) is 0 Å². The highest BCUT2D eigenvalue weighted by Gasteiger charge is 2.23. The van der Waals surface area contributed by atoms with Crippen LogP contribution in [-0.4, -0.2) is 55.6 Å². The molecule has 7 nitrogen and oxygen atoms in total. The molecule has 4 N–H and O–H groups in total. The Morgan fingerprint density at radius 3 is 2.90 bits per heavy atom. The van der Waals surface area contributed by atoms with Crippen LogP contribution in [0.1, 0.15) is 44.9 Å². The van der Waals surface area contributed by atoms with Crippen LogP contribution in [0.2, 0.25) is 5.02 Å². The third-order valence-corrected chi connectivity index (χ3v) is 5.82. The largest absolute Gasteiger partial charge is 0.495 e. The van der Waals surface area contributed by atoms with E-state index in [2.05, 4.69) is 10.6 Å². The summed E-state index contributed by atoms with van der Waals surface area (Å²) in [4.78, 5) is 18.4. The number of hydrogen-bond donors (Lipinski definition) is 3. The number of rotatable bonds is 7. The summed E-state index contributed by atoms with van der Waals surface area (Å²) in [6.45, 7) is 2.23. The van der Waals surface area contributed by atoms with Crippen molar-refractivity contribution in [1.29, 1.82) is 0 Å². The second-order valence-corrected chi connectivity index (χ2v) is 8.17. The average molecular weight is 422 g/mol. The number of aliphatic imine (C=N–C) groups is 1. The highest BCUT2D eigenvalue weighted by molar-refractivity contribution is 6.31. The Hall–Kier alpha value is -1.99. The van der Waals surface area contributed by atoms with E-state index in [1.165, 1.54) is 6.42 Å². The molecule has 1 aromatic carbocycles. The molecule has 1 saturated heterocycles. The Kier molecular flexibility index (Phi) is 8.00. The fourth-order valence-corrected chi connectivity index (χ4v) is 4.11. The van der Waals surface area contributed by atoms with E-state index in [0.29, 0.717) is 29.7 Å². The van der Waals surface area contributed by atoms with Gasteiger partial charge in [0.15, 0.2) is 5.96 Å². The molecule has 8 heteroatoms. The number of ether oxygens (including phenoxy) is 1. The van der Waals surface area contributed by atoms with Gasteiger partial charge in [0, 0.05) is 43.2 Å². The number of guanidine groups is 1. The Morgan fingerprint density at radius 2 is 2.17 bits per heavy atom. The first-order valence-electron chi connectivity index (χ1n) is 10.5. The molecule has 1 aromatic rings. The maximum Gasteiger partial charge on any atom is 0.222 e. The topological polar surface area (TPSA) is 92.0 Å². The molecule has 0 unspecified atom stereocenters. The Morgan fingerprint density at radius 1 is 1.34 bits per heavy atom. The summed E-state index contributed by atoms with van der Waals surface area (Å²) in [5, 5.41) is 7.45. The van der Waals surface area contributed by atoms with Crippen LogP contribution >= 0.6 is 11.6 Å². The molecule has 1 heterocycles. The van der Waals surface area contributed by atoms with E-state index in [0.717, 1.165) is 50.9 Å². The molecule has 1 aliphatic carbocycles. The van der Waals surface area contributed by atoms with Gasteiger partial charge >= 0.3 is 0 Å². The summed E-state index contributed by atoms with van der Waals surface area (Å²) in [6, 6.07) is 5.73. The lowest BCUT2D eigenvalue weighted by Crippen LogP contribution is -2.51. The van der Waals surface area contributed by atoms with Crippen LogP contribution in [0.4, 0.5) is 5.69 Å². The molecule has 1 aliphatic heterocycles. The fraction of sp³-hybridized carbons (Fsp3) is 0.619. The third-order valence-electron chi connectivity index (χ3n) is 5.58. The molecule has 2 atom stereocenters. The summed E-state index contributed by atoms with van der Waals surface area (Å²) in [5.41, 5.74) is 7.07. The van der Waals surface area contributed by atoms with E-state index in [4.69, 9.17) is 27.1 Å². The van der Waals surface area contributed by atoms with E-state index in [9.17, 15) is 4.79 Å². The third kappa shape index (κ3) is 6.24. The fourth-order valence-electron chi connectivity index (χ4n) is 3.93. The zero-order valence-electron chi connectivity index (χ0n) is 17.1. The first-order valence-corrected chi connectivity index (χ1v) is 10.9. The van der Waals surface area contributed by atoms with Gasteiger partial charge in [0.25, 0.3) is 0 Å². The van der Waals surface area contributed by atoms with E-state index in [1.807, 2.05) is 17.0 Å². The lowest BCUT2D eigenvalue weighted by molar-refractivity contribution is -0.127. The van der Waals surface area contributed by atoms with Gasteiger partial charge in [-0.3, -0.25) is 9.79 Å². The number of hydrogen-bond acceptors (Lipinski definition) is 4. The number of carbonyl (C=O) groups excluding carboxylic acids is 1. The molecule has 0 bridgehead atoms. The minimum Gasteiger partial charge on any atom is -0.495 e. The smallest absolute Gasteiger partial charge is 0.222 e. The van der Waals surface area contributed by atoms with Crippen molar-refractivity contribution in [3.63, 3.8) is 0 Å². The van der Waals surface area contributed by atoms with Gasteiger partial charge in [-0.2, -0.15) is 0 Å². The molecule has 2 fully saturated rings. The minimum absolute atomic E-state index is 0.110. The number of methoxy groups -OCH3 is 1. The molecular formula is C21H32ClN5O2. The first-order chi connectivity index (χ1) is 14.1. The van der Waals surface area contributed by atoms with Gasteiger partial charge in [0.05, 0.1) is 12.8 Å². The van der Waals surface area contributed by atoms with Crippen LogP contribution in [0.15, 0.2) is 23.2 Å². The lowest BCUT2D eigenvalue weighted by Gasteiger charge is -2.31. The summed E-state index contributed by atoms with van der Waals surface area (Å²) in [7, 11) is 1.63. The number of halogens is 1. The molecule has 1 amide bonds. The molecule has 0 spiro atoms. The number of nitrogens with zero attached hydrogens (tertiary/aromatic N) is 2. The molecule has 160 valence electrons. The van der Waals surface area contributed by atoms with Gasteiger partial charge in [-0.25, -0.2) is 0 Å². The van der Waals surface area contributed by atoms with Gasteiger partial charge < -0.3 is 26.0 Å².